The molecule has 2 fully saturated rings. The quantitative estimate of drug-likeness (QED) is 0.696. The standard InChI is InChI=1S/C14H26N2O4/c1-2-18-7-8-20-11-3-5-16(6-4-11)14(17)12-9-19-10-13(12)15/h11-13H,2-10,15H2,1H3. The molecule has 0 aromatic heterocycles. The Morgan fingerprint density at radius 1 is 1.30 bits per heavy atom. The number of nitrogens with two attached hydrogens (primary N) is 1. The second-order valence-electron chi connectivity index (χ2n) is 5.40. The highest BCUT2D eigenvalue weighted by molar-refractivity contribution is 5.80. The number of carbonyl (C=O) groups excluding carboxylic acids is 1. The Bertz CT molecular complexity index is 306. The molecule has 0 aromatic rings. The van der Waals surface area contributed by atoms with Gasteiger partial charge in [-0.3, -0.25) is 4.79 Å². The van der Waals surface area contributed by atoms with E-state index >= 15 is 0 Å². The van der Waals surface area contributed by atoms with E-state index in [0.29, 0.717) is 26.4 Å². The Balaban J connectivity index is 1.67. The van der Waals surface area contributed by atoms with E-state index in [4.69, 9.17) is 19.9 Å². The second-order valence-corrected chi connectivity index (χ2v) is 5.40. The van der Waals surface area contributed by atoms with Gasteiger partial charge < -0.3 is 24.8 Å². The van der Waals surface area contributed by atoms with Gasteiger partial charge in [0.15, 0.2) is 0 Å². The first-order valence-electron chi connectivity index (χ1n) is 7.53. The van der Waals surface area contributed by atoms with Crippen LogP contribution in [0.5, 0.6) is 0 Å². The van der Waals surface area contributed by atoms with Crippen molar-refractivity contribution in [3.63, 3.8) is 0 Å². The van der Waals surface area contributed by atoms with Crippen molar-refractivity contribution in [1.82, 2.24) is 4.90 Å². The van der Waals surface area contributed by atoms with Crippen LogP contribution in [0.3, 0.4) is 0 Å². The number of piperidine rings is 1. The van der Waals surface area contributed by atoms with Crippen LogP contribution in [0.15, 0.2) is 0 Å². The van der Waals surface area contributed by atoms with Gasteiger partial charge in [0.25, 0.3) is 0 Å². The van der Waals surface area contributed by atoms with Crippen LogP contribution in [0.25, 0.3) is 0 Å². The van der Waals surface area contributed by atoms with E-state index in [1.165, 1.54) is 0 Å². The number of nitrogens with zero attached hydrogens (tertiary/aromatic N) is 1. The van der Waals surface area contributed by atoms with Gasteiger partial charge in [0.2, 0.25) is 5.91 Å². The number of amides is 1. The number of rotatable bonds is 6. The van der Waals surface area contributed by atoms with Gasteiger partial charge in [0, 0.05) is 25.7 Å². The maximum Gasteiger partial charge on any atom is 0.229 e. The normalized spacial score (nSPS) is 28.0. The summed E-state index contributed by atoms with van der Waals surface area (Å²) in [4.78, 5) is 14.2. The van der Waals surface area contributed by atoms with E-state index in [0.717, 1.165) is 32.5 Å². The molecule has 0 saturated carbocycles. The Kier molecular flexibility index (Phi) is 6.22. The fraction of sp³-hybridized carbons (Fsp3) is 0.929. The monoisotopic (exact) mass is 286 g/mol. The van der Waals surface area contributed by atoms with Crippen LogP contribution in [0.2, 0.25) is 0 Å². The van der Waals surface area contributed by atoms with Crippen molar-refractivity contribution < 1.29 is 19.0 Å². The van der Waals surface area contributed by atoms with Gasteiger partial charge in [-0.25, -0.2) is 0 Å². The lowest BCUT2D eigenvalue weighted by Crippen LogP contribution is -2.47. The highest BCUT2D eigenvalue weighted by atomic mass is 16.5. The van der Waals surface area contributed by atoms with Crippen LogP contribution in [-0.2, 0) is 19.0 Å². The van der Waals surface area contributed by atoms with Gasteiger partial charge in [-0.15, -0.1) is 0 Å². The van der Waals surface area contributed by atoms with Gasteiger partial charge in [-0.05, 0) is 19.8 Å². The van der Waals surface area contributed by atoms with Crippen LogP contribution in [-0.4, -0.2) is 69.1 Å². The molecule has 116 valence electrons. The van der Waals surface area contributed by atoms with Gasteiger partial charge in [-0.2, -0.15) is 0 Å². The fourth-order valence-corrected chi connectivity index (χ4v) is 2.72. The summed E-state index contributed by atoms with van der Waals surface area (Å²) >= 11 is 0. The Morgan fingerprint density at radius 3 is 2.65 bits per heavy atom. The van der Waals surface area contributed by atoms with Crippen LogP contribution in [0, 0.1) is 5.92 Å². The molecule has 2 unspecified atom stereocenters. The minimum absolute atomic E-state index is 0.141. The lowest BCUT2D eigenvalue weighted by atomic mass is 10.0. The molecule has 0 radical (unpaired) electrons. The van der Waals surface area contributed by atoms with E-state index < -0.39 is 0 Å². The molecule has 2 atom stereocenters. The summed E-state index contributed by atoms with van der Waals surface area (Å²) in [6, 6.07) is -0.150. The summed E-state index contributed by atoms with van der Waals surface area (Å²) in [7, 11) is 0. The number of carbonyl (C=O) groups is 1. The highest BCUT2D eigenvalue weighted by Crippen LogP contribution is 2.20. The second kappa shape index (κ2) is 7.93. The largest absolute Gasteiger partial charge is 0.379 e. The van der Waals surface area contributed by atoms with E-state index in [-0.39, 0.29) is 24.0 Å². The number of hydrogen-bond donors (Lipinski definition) is 1. The summed E-state index contributed by atoms with van der Waals surface area (Å²) in [5.74, 6) is -0.0202. The van der Waals surface area contributed by atoms with Crippen molar-refractivity contribution in [1.29, 1.82) is 0 Å². The number of likely N-dealkylation sites (tertiary alicyclic amines) is 1. The third kappa shape index (κ3) is 4.15. The molecular weight excluding hydrogens is 260 g/mol. The van der Waals surface area contributed by atoms with Crippen molar-refractivity contribution in [2.45, 2.75) is 31.9 Å². The third-order valence-corrected chi connectivity index (χ3v) is 3.98. The molecule has 2 rings (SSSR count). The average Bonchev–Trinajstić information content (AvgIpc) is 2.90. The zero-order chi connectivity index (χ0) is 14.4. The van der Waals surface area contributed by atoms with Gasteiger partial charge in [0.1, 0.15) is 0 Å². The summed E-state index contributed by atoms with van der Waals surface area (Å²) < 4.78 is 16.3. The lowest BCUT2D eigenvalue weighted by molar-refractivity contribution is -0.138. The minimum Gasteiger partial charge on any atom is -0.379 e. The number of hydrogen-bond acceptors (Lipinski definition) is 5. The first-order chi connectivity index (χ1) is 9.72. The van der Waals surface area contributed by atoms with Crippen molar-refractivity contribution in [3.8, 4) is 0 Å². The smallest absolute Gasteiger partial charge is 0.229 e. The predicted molar refractivity (Wildman–Crippen MR) is 74.3 cm³/mol. The molecule has 0 spiro atoms. The zero-order valence-corrected chi connectivity index (χ0v) is 12.3. The van der Waals surface area contributed by atoms with Crippen LogP contribution in [0.4, 0.5) is 0 Å². The summed E-state index contributed by atoms with van der Waals surface area (Å²) in [6.45, 7) is 6.43. The molecule has 1 amide bonds. The van der Waals surface area contributed by atoms with Crippen molar-refractivity contribution in [2.75, 3.05) is 46.1 Å². The molecule has 2 aliphatic rings. The Morgan fingerprint density at radius 2 is 2.05 bits per heavy atom. The SMILES string of the molecule is CCOCCOC1CCN(C(=O)C2COCC2N)CC1. The first-order valence-corrected chi connectivity index (χ1v) is 7.53. The molecule has 2 aliphatic heterocycles. The van der Waals surface area contributed by atoms with Crippen molar-refractivity contribution in [3.05, 3.63) is 0 Å². The van der Waals surface area contributed by atoms with Crippen molar-refractivity contribution >= 4 is 5.91 Å². The number of ether oxygens (including phenoxy) is 3. The van der Waals surface area contributed by atoms with Crippen LogP contribution >= 0.6 is 0 Å². The van der Waals surface area contributed by atoms with E-state index in [9.17, 15) is 4.79 Å². The molecule has 2 heterocycles. The van der Waals surface area contributed by atoms with Gasteiger partial charge in [0.05, 0.1) is 38.4 Å². The summed E-state index contributed by atoms with van der Waals surface area (Å²) in [5.41, 5.74) is 5.90. The lowest BCUT2D eigenvalue weighted by Gasteiger charge is -2.33. The molecule has 6 heteroatoms. The summed E-state index contributed by atoms with van der Waals surface area (Å²) in [5, 5.41) is 0. The minimum atomic E-state index is -0.162. The molecule has 0 aliphatic carbocycles. The van der Waals surface area contributed by atoms with Crippen LogP contribution in [0.1, 0.15) is 19.8 Å². The predicted octanol–water partition coefficient (Wildman–Crippen LogP) is 0.00420. The van der Waals surface area contributed by atoms with E-state index in [1.54, 1.807) is 0 Å². The topological polar surface area (TPSA) is 74.0 Å². The van der Waals surface area contributed by atoms with E-state index in [1.807, 2.05) is 11.8 Å². The molecular formula is C14H26N2O4. The maximum absolute atomic E-state index is 12.3. The Labute approximate surface area is 120 Å². The first kappa shape index (κ1) is 15.7. The fourth-order valence-electron chi connectivity index (χ4n) is 2.72. The molecule has 6 nitrogen and oxygen atoms in total. The van der Waals surface area contributed by atoms with Gasteiger partial charge >= 0.3 is 0 Å². The molecule has 0 bridgehead atoms. The highest BCUT2D eigenvalue weighted by Gasteiger charge is 2.35. The molecule has 2 N–H and O–H groups in total. The van der Waals surface area contributed by atoms with Crippen LogP contribution < -0.4 is 5.73 Å². The van der Waals surface area contributed by atoms with E-state index in [2.05, 4.69) is 0 Å². The third-order valence-electron chi connectivity index (χ3n) is 3.98. The zero-order valence-electron chi connectivity index (χ0n) is 12.3. The average molecular weight is 286 g/mol. The Hall–Kier alpha value is -0.690. The molecule has 20 heavy (non-hydrogen) atoms. The van der Waals surface area contributed by atoms with Gasteiger partial charge in [-0.1, -0.05) is 0 Å². The molecule has 0 aromatic carbocycles. The van der Waals surface area contributed by atoms with Crippen molar-refractivity contribution in [2.24, 2.45) is 11.7 Å². The molecule has 2 saturated heterocycles. The summed E-state index contributed by atoms with van der Waals surface area (Å²) in [6.07, 6.45) is 2.02. The maximum atomic E-state index is 12.3.